The summed E-state index contributed by atoms with van der Waals surface area (Å²) in [7, 11) is 1.35. The summed E-state index contributed by atoms with van der Waals surface area (Å²) >= 11 is 0. The molecule has 2 aromatic heterocycles. The molecule has 1 amide bonds. The van der Waals surface area contributed by atoms with Crippen LogP contribution in [0.4, 0.5) is 26.1 Å². The van der Waals surface area contributed by atoms with Crippen molar-refractivity contribution in [3.8, 4) is 5.75 Å². The lowest BCUT2D eigenvalue weighted by Crippen LogP contribution is -2.22. The van der Waals surface area contributed by atoms with Crippen molar-refractivity contribution < 1.29 is 18.3 Å². The maximum atomic E-state index is 14.0. The van der Waals surface area contributed by atoms with Gasteiger partial charge in [0.2, 0.25) is 5.91 Å². The van der Waals surface area contributed by atoms with Crippen LogP contribution in [0.5, 0.6) is 5.75 Å². The van der Waals surface area contributed by atoms with Crippen molar-refractivity contribution >= 4 is 23.2 Å². The van der Waals surface area contributed by atoms with Crippen LogP contribution in [0.25, 0.3) is 0 Å². The van der Waals surface area contributed by atoms with Gasteiger partial charge in [-0.15, -0.1) is 0 Å². The van der Waals surface area contributed by atoms with Gasteiger partial charge in [0, 0.05) is 43.6 Å². The number of ether oxygens (including phenoxy) is 1. The number of anilines is 3. The minimum atomic E-state index is -3.12. The number of aromatic nitrogens is 2. The van der Waals surface area contributed by atoms with Crippen LogP contribution >= 0.6 is 0 Å². The van der Waals surface area contributed by atoms with Crippen LogP contribution in [0.2, 0.25) is 0 Å². The number of rotatable bonds is 4. The summed E-state index contributed by atoms with van der Waals surface area (Å²) in [6, 6.07) is 4.97. The molecule has 27 heavy (non-hydrogen) atoms. The van der Waals surface area contributed by atoms with Crippen LogP contribution in [-0.2, 0) is 16.1 Å². The highest BCUT2D eigenvalue weighted by Crippen LogP contribution is 2.58. The van der Waals surface area contributed by atoms with Crippen molar-refractivity contribution in [1.82, 2.24) is 9.97 Å². The zero-order valence-electron chi connectivity index (χ0n) is 15.3. The Morgan fingerprint density at radius 3 is 2.70 bits per heavy atom. The summed E-state index contributed by atoms with van der Waals surface area (Å²) in [6.45, 7) is 2.87. The van der Waals surface area contributed by atoms with Crippen molar-refractivity contribution in [2.75, 3.05) is 23.9 Å². The smallest absolute Gasteiger partial charge is 0.290 e. The highest BCUT2D eigenvalue weighted by atomic mass is 19.3. The molecule has 6 nitrogen and oxygen atoms in total. The molecule has 2 aliphatic rings. The molecule has 142 valence electrons. The number of carbonyl (C=O) groups is 1. The quantitative estimate of drug-likeness (QED) is 0.883. The molecule has 0 saturated heterocycles. The van der Waals surface area contributed by atoms with Gasteiger partial charge >= 0.3 is 0 Å². The molecule has 1 aliphatic heterocycles. The predicted octanol–water partition coefficient (Wildman–Crippen LogP) is 3.74. The first kappa shape index (κ1) is 17.6. The van der Waals surface area contributed by atoms with E-state index in [9.17, 15) is 13.6 Å². The van der Waals surface area contributed by atoms with E-state index in [0.29, 0.717) is 18.2 Å². The second-order valence-electron chi connectivity index (χ2n) is 7.24. The summed E-state index contributed by atoms with van der Waals surface area (Å²) in [5.41, 5.74) is 1.51. The average molecular weight is 374 g/mol. The molecule has 0 bridgehead atoms. The van der Waals surface area contributed by atoms with Crippen LogP contribution in [0.15, 0.2) is 24.4 Å². The lowest BCUT2D eigenvalue weighted by Gasteiger charge is -2.22. The molecule has 1 N–H and O–H groups in total. The van der Waals surface area contributed by atoms with Gasteiger partial charge in [-0.1, -0.05) is 0 Å². The first-order valence-electron chi connectivity index (χ1n) is 8.72. The van der Waals surface area contributed by atoms with E-state index in [2.05, 4.69) is 15.3 Å². The summed E-state index contributed by atoms with van der Waals surface area (Å²) < 4.78 is 33.1. The van der Waals surface area contributed by atoms with Crippen LogP contribution in [0.3, 0.4) is 0 Å². The molecular formula is C19H20F2N4O2. The minimum absolute atomic E-state index is 0.00636. The van der Waals surface area contributed by atoms with Gasteiger partial charge in [0.15, 0.2) is 5.69 Å². The lowest BCUT2D eigenvalue weighted by molar-refractivity contribution is -0.114. The number of hydrogen-bond acceptors (Lipinski definition) is 5. The number of alkyl halides is 2. The zero-order chi connectivity index (χ0) is 19.4. The molecule has 0 unspecified atom stereocenters. The average Bonchev–Trinajstić information content (AvgIpc) is 3.31. The van der Waals surface area contributed by atoms with Gasteiger partial charge in [-0.2, -0.15) is 8.78 Å². The van der Waals surface area contributed by atoms with Gasteiger partial charge in [-0.25, -0.2) is 9.97 Å². The van der Waals surface area contributed by atoms with E-state index in [1.807, 2.05) is 4.90 Å². The SMILES string of the molecule is COc1ccc(N2CC3(CC3)c3cnc(NC(C)=O)cc32)nc1C(C)(F)F. The van der Waals surface area contributed by atoms with Gasteiger partial charge in [0.1, 0.15) is 17.4 Å². The number of nitrogens with one attached hydrogen (secondary N) is 1. The third-order valence-corrected chi connectivity index (χ3v) is 5.12. The van der Waals surface area contributed by atoms with E-state index in [-0.39, 0.29) is 17.1 Å². The Kier molecular flexibility index (Phi) is 3.83. The number of pyridine rings is 2. The monoisotopic (exact) mass is 374 g/mol. The molecule has 1 saturated carbocycles. The van der Waals surface area contributed by atoms with Gasteiger partial charge in [-0.3, -0.25) is 4.79 Å². The van der Waals surface area contributed by atoms with E-state index in [4.69, 9.17) is 4.74 Å². The van der Waals surface area contributed by atoms with Crippen LogP contribution < -0.4 is 15.0 Å². The first-order chi connectivity index (χ1) is 12.7. The molecule has 1 spiro atoms. The molecule has 3 heterocycles. The van der Waals surface area contributed by atoms with Crippen LogP contribution in [0, 0.1) is 0 Å². The Bertz CT molecular complexity index is 922. The second kappa shape index (κ2) is 5.87. The van der Waals surface area contributed by atoms with E-state index in [1.54, 1.807) is 18.3 Å². The van der Waals surface area contributed by atoms with Crippen molar-refractivity contribution in [1.29, 1.82) is 0 Å². The largest absolute Gasteiger partial charge is 0.495 e. The fourth-order valence-corrected chi connectivity index (χ4v) is 3.65. The molecule has 0 atom stereocenters. The van der Waals surface area contributed by atoms with Gasteiger partial charge in [0.05, 0.1) is 12.8 Å². The van der Waals surface area contributed by atoms with Gasteiger partial charge in [0.25, 0.3) is 5.92 Å². The molecular weight excluding hydrogens is 354 g/mol. The topological polar surface area (TPSA) is 67.3 Å². The van der Waals surface area contributed by atoms with Crippen molar-refractivity contribution in [2.45, 2.75) is 38.0 Å². The van der Waals surface area contributed by atoms with Crippen LogP contribution in [-0.4, -0.2) is 29.5 Å². The number of halogens is 2. The number of amides is 1. The summed E-state index contributed by atoms with van der Waals surface area (Å²) in [6.07, 6.45) is 3.81. The molecule has 4 rings (SSSR count). The number of nitrogens with zero attached hydrogens (tertiary/aromatic N) is 3. The number of hydrogen-bond donors (Lipinski definition) is 1. The van der Waals surface area contributed by atoms with Gasteiger partial charge in [-0.05, 0) is 25.0 Å². The Morgan fingerprint density at radius 2 is 2.11 bits per heavy atom. The number of methoxy groups -OCH3 is 1. The third kappa shape index (κ3) is 2.98. The number of carbonyl (C=O) groups excluding carboxylic acids is 1. The Hall–Kier alpha value is -2.77. The highest BCUT2D eigenvalue weighted by Gasteiger charge is 2.52. The van der Waals surface area contributed by atoms with Crippen molar-refractivity contribution in [3.05, 3.63) is 35.7 Å². The maximum absolute atomic E-state index is 14.0. The van der Waals surface area contributed by atoms with Crippen molar-refractivity contribution in [3.63, 3.8) is 0 Å². The molecule has 0 aromatic carbocycles. The molecule has 0 radical (unpaired) electrons. The molecule has 1 fully saturated rings. The van der Waals surface area contributed by atoms with E-state index >= 15 is 0 Å². The summed E-state index contributed by atoms with van der Waals surface area (Å²) in [5.74, 6) is -2.43. The van der Waals surface area contributed by atoms with Crippen molar-refractivity contribution in [2.24, 2.45) is 0 Å². The van der Waals surface area contributed by atoms with Gasteiger partial charge < -0.3 is 15.0 Å². The Balaban J connectivity index is 1.79. The molecule has 8 heteroatoms. The normalized spacial score (nSPS) is 17.0. The third-order valence-electron chi connectivity index (χ3n) is 5.12. The highest BCUT2D eigenvalue weighted by molar-refractivity contribution is 5.89. The van der Waals surface area contributed by atoms with E-state index in [1.165, 1.54) is 20.1 Å². The first-order valence-corrected chi connectivity index (χ1v) is 8.72. The van der Waals surface area contributed by atoms with E-state index < -0.39 is 11.6 Å². The number of fused-ring (bicyclic) bond motifs is 2. The minimum Gasteiger partial charge on any atom is -0.495 e. The Labute approximate surface area is 155 Å². The summed E-state index contributed by atoms with van der Waals surface area (Å²) in [4.78, 5) is 21.8. The zero-order valence-corrected chi connectivity index (χ0v) is 15.3. The molecule has 1 aliphatic carbocycles. The fraction of sp³-hybridized carbons (Fsp3) is 0.421. The standard InChI is InChI=1S/C19H20F2N4O2/c1-11(26)23-15-8-13-12(9-22-15)19(6-7-19)10-25(13)16-5-4-14(27-3)17(24-16)18(2,20)21/h4-5,8-9H,6-7,10H2,1-3H3,(H,22,23,26). The second-order valence-corrected chi connectivity index (χ2v) is 7.24. The van der Waals surface area contributed by atoms with E-state index in [0.717, 1.165) is 31.0 Å². The maximum Gasteiger partial charge on any atom is 0.290 e. The van der Waals surface area contributed by atoms with Crippen LogP contribution in [0.1, 0.15) is 37.9 Å². The summed E-state index contributed by atoms with van der Waals surface area (Å²) in [5, 5.41) is 2.67. The lowest BCUT2D eigenvalue weighted by atomic mass is 10.0. The Morgan fingerprint density at radius 1 is 1.37 bits per heavy atom. The fourth-order valence-electron chi connectivity index (χ4n) is 3.65. The molecule has 2 aromatic rings. The predicted molar refractivity (Wildman–Crippen MR) is 96.8 cm³/mol.